The summed E-state index contributed by atoms with van der Waals surface area (Å²) in [5, 5.41) is 6.10. The van der Waals surface area contributed by atoms with E-state index in [1.165, 1.54) is 0 Å². The molecule has 0 aromatic heterocycles. The van der Waals surface area contributed by atoms with E-state index in [1.807, 2.05) is 32.0 Å². The molecule has 1 aromatic rings. The van der Waals surface area contributed by atoms with E-state index in [4.69, 9.17) is 4.74 Å². The van der Waals surface area contributed by atoms with Crippen molar-refractivity contribution in [2.45, 2.75) is 26.3 Å². The molecule has 1 unspecified atom stereocenters. The van der Waals surface area contributed by atoms with Gasteiger partial charge in [0.25, 0.3) is 0 Å². The first kappa shape index (κ1) is 18.1. The van der Waals surface area contributed by atoms with Crippen LogP contribution >= 0.6 is 24.2 Å². The summed E-state index contributed by atoms with van der Waals surface area (Å²) in [5.41, 5.74) is 2.31. The van der Waals surface area contributed by atoms with Crippen molar-refractivity contribution >= 4 is 30.1 Å². The van der Waals surface area contributed by atoms with E-state index in [0.717, 1.165) is 34.9 Å². The first-order valence-electron chi connectivity index (χ1n) is 6.96. The van der Waals surface area contributed by atoms with Crippen LogP contribution in [0.1, 0.15) is 17.5 Å². The van der Waals surface area contributed by atoms with Crippen molar-refractivity contribution in [2.24, 2.45) is 0 Å². The SMILES string of the molecule is Cc1cccc(C)c1OCCCNC(=O)C1CSCN1.Cl. The molecule has 6 heteroatoms. The smallest absolute Gasteiger partial charge is 0.238 e. The molecule has 2 rings (SSSR count). The Labute approximate surface area is 136 Å². The molecule has 0 saturated carbocycles. The summed E-state index contributed by atoms with van der Waals surface area (Å²) in [7, 11) is 0. The van der Waals surface area contributed by atoms with Crippen molar-refractivity contribution in [2.75, 3.05) is 24.8 Å². The van der Waals surface area contributed by atoms with E-state index in [-0.39, 0.29) is 24.4 Å². The Bertz CT molecular complexity index is 445. The summed E-state index contributed by atoms with van der Waals surface area (Å²) in [6.45, 7) is 5.38. The van der Waals surface area contributed by atoms with E-state index in [2.05, 4.69) is 10.6 Å². The van der Waals surface area contributed by atoms with Crippen molar-refractivity contribution in [1.29, 1.82) is 0 Å². The second-order valence-electron chi connectivity index (χ2n) is 4.99. The summed E-state index contributed by atoms with van der Waals surface area (Å²) in [6.07, 6.45) is 0.819. The van der Waals surface area contributed by atoms with Crippen molar-refractivity contribution in [3.8, 4) is 5.75 Å². The van der Waals surface area contributed by atoms with Crippen molar-refractivity contribution < 1.29 is 9.53 Å². The number of para-hydroxylation sites is 1. The lowest BCUT2D eigenvalue weighted by atomic mass is 10.1. The topological polar surface area (TPSA) is 50.4 Å². The van der Waals surface area contributed by atoms with Crippen molar-refractivity contribution in [1.82, 2.24) is 10.6 Å². The molecule has 1 aromatic carbocycles. The third-order valence-electron chi connectivity index (χ3n) is 3.31. The standard InChI is InChI=1S/C15H22N2O2S.ClH/c1-11-5-3-6-12(2)14(11)19-8-4-7-16-15(18)13-9-20-10-17-13;/h3,5-6,13,17H,4,7-10H2,1-2H3,(H,16,18);1H. The van der Waals surface area contributed by atoms with Gasteiger partial charge in [-0.15, -0.1) is 24.2 Å². The average Bonchev–Trinajstić information content (AvgIpc) is 2.95. The van der Waals surface area contributed by atoms with Gasteiger partial charge in [-0.05, 0) is 31.4 Å². The average molecular weight is 331 g/mol. The van der Waals surface area contributed by atoms with Crippen LogP contribution < -0.4 is 15.4 Å². The summed E-state index contributed by atoms with van der Waals surface area (Å²) in [6, 6.07) is 6.10. The number of hydrogen-bond donors (Lipinski definition) is 2. The highest BCUT2D eigenvalue weighted by Crippen LogP contribution is 2.22. The zero-order chi connectivity index (χ0) is 14.4. The first-order valence-corrected chi connectivity index (χ1v) is 8.12. The highest BCUT2D eigenvalue weighted by atomic mass is 35.5. The van der Waals surface area contributed by atoms with Gasteiger partial charge in [-0.25, -0.2) is 0 Å². The maximum Gasteiger partial charge on any atom is 0.238 e. The van der Waals surface area contributed by atoms with Gasteiger partial charge in [0.1, 0.15) is 5.75 Å². The van der Waals surface area contributed by atoms with Crippen LogP contribution in [0.15, 0.2) is 18.2 Å². The van der Waals surface area contributed by atoms with Gasteiger partial charge in [-0.1, -0.05) is 18.2 Å². The van der Waals surface area contributed by atoms with Crippen LogP contribution in [0.5, 0.6) is 5.75 Å². The number of aryl methyl sites for hydroxylation is 2. The third kappa shape index (κ3) is 5.41. The number of carbonyl (C=O) groups excluding carboxylic acids is 1. The largest absolute Gasteiger partial charge is 0.493 e. The molecule has 0 bridgehead atoms. The summed E-state index contributed by atoms with van der Waals surface area (Å²) in [4.78, 5) is 11.8. The number of benzene rings is 1. The molecule has 118 valence electrons. The molecule has 1 saturated heterocycles. The van der Waals surface area contributed by atoms with Gasteiger partial charge in [0.15, 0.2) is 0 Å². The molecule has 1 atom stereocenters. The van der Waals surface area contributed by atoms with Gasteiger partial charge in [0.05, 0.1) is 12.6 Å². The molecule has 1 aliphatic rings. The van der Waals surface area contributed by atoms with Gasteiger partial charge in [0.2, 0.25) is 5.91 Å². The minimum absolute atomic E-state index is 0. The number of rotatable bonds is 6. The van der Waals surface area contributed by atoms with Gasteiger partial charge in [-0.3, -0.25) is 10.1 Å². The molecule has 21 heavy (non-hydrogen) atoms. The van der Waals surface area contributed by atoms with E-state index in [1.54, 1.807) is 11.8 Å². The fourth-order valence-electron chi connectivity index (χ4n) is 2.17. The predicted molar refractivity (Wildman–Crippen MR) is 90.5 cm³/mol. The van der Waals surface area contributed by atoms with E-state index in [9.17, 15) is 4.79 Å². The second-order valence-corrected chi connectivity index (χ2v) is 6.02. The lowest BCUT2D eigenvalue weighted by Crippen LogP contribution is -2.42. The van der Waals surface area contributed by atoms with Crippen LogP contribution in [0.4, 0.5) is 0 Å². The predicted octanol–water partition coefficient (Wildman–Crippen LogP) is 2.27. The molecule has 0 aliphatic carbocycles. The Hall–Kier alpha value is -0.910. The maximum absolute atomic E-state index is 11.8. The highest BCUT2D eigenvalue weighted by Gasteiger charge is 2.21. The Morgan fingerprint density at radius 2 is 2.14 bits per heavy atom. The number of hydrogen-bond acceptors (Lipinski definition) is 4. The fourth-order valence-corrected chi connectivity index (χ4v) is 3.11. The minimum Gasteiger partial charge on any atom is -0.493 e. The number of nitrogens with one attached hydrogen (secondary N) is 2. The quantitative estimate of drug-likeness (QED) is 0.786. The molecule has 0 radical (unpaired) electrons. The number of halogens is 1. The lowest BCUT2D eigenvalue weighted by Gasteiger charge is -2.13. The molecule has 1 amide bonds. The van der Waals surface area contributed by atoms with Crippen molar-refractivity contribution in [3.05, 3.63) is 29.3 Å². The second kappa shape index (κ2) is 9.18. The van der Waals surface area contributed by atoms with E-state index < -0.39 is 0 Å². The van der Waals surface area contributed by atoms with Crippen LogP contribution in [-0.4, -0.2) is 36.7 Å². The normalized spacial score (nSPS) is 17.1. The monoisotopic (exact) mass is 330 g/mol. The van der Waals surface area contributed by atoms with Gasteiger partial charge in [-0.2, -0.15) is 0 Å². The lowest BCUT2D eigenvalue weighted by molar-refractivity contribution is -0.122. The molecule has 1 heterocycles. The summed E-state index contributed by atoms with van der Waals surface area (Å²) >= 11 is 1.76. The van der Waals surface area contributed by atoms with E-state index in [0.29, 0.717) is 13.2 Å². The number of thioether (sulfide) groups is 1. The van der Waals surface area contributed by atoms with Crippen LogP contribution in [0.2, 0.25) is 0 Å². The molecular weight excluding hydrogens is 308 g/mol. The molecule has 4 nitrogen and oxygen atoms in total. The van der Waals surface area contributed by atoms with Crippen LogP contribution in [0, 0.1) is 13.8 Å². The minimum atomic E-state index is -0.0282. The summed E-state index contributed by atoms with van der Waals surface area (Å²) < 4.78 is 5.80. The molecule has 1 aliphatic heterocycles. The number of ether oxygens (including phenoxy) is 1. The van der Waals surface area contributed by atoms with Gasteiger partial charge < -0.3 is 10.1 Å². The zero-order valence-corrected chi connectivity index (χ0v) is 14.1. The molecule has 0 spiro atoms. The Morgan fingerprint density at radius 1 is 1.43 bits per heavy atom. The molecular formula is C15H23ClN2O2S. The fraction of sp³-hybridized carbons (Fsp3) is 0.533. The maximum atomic E-state index is 11.8. The van der Waals surface area contributed by atoms with Gasteiger partial charge in [0, 0.05) is 18.2 Å². The van der Waals surface area contributed by atoms with Crippen molar-refractivity contribution in [3.63, 3.8) is 0 Å². The van der Waals surface area contributed by atoms with Crippen LogP contribution in [-0.2, 0) is 4.79 Å². The Morgan fingerprint density at radius 3 is 2.76 bits per heavy atom. The first-order chi connectivity index (χ1) is 9.68. The van der Waals surface area contributed by atoms with Gasteiger partial charge >= 0.3 is 0 Å². The third-order valence-corrected chi connectivity index (χ3v) is 4.25. The Kier molecular flexibility index (Phi) is 7.93. The van der Waals surface area contributed by atoms with Crippen LogP contribution in [0.25, 0.3) is 0 Å². The summed E-state index contributed by atoms with van der Waals surface area (Å²) in [5.74, 6) is 2.80. The zero-order valence-electron chi connectivity index (χ0n) is 12.5. The molecule has 2 N–H and O–H groups in total. The highest BCUT2D eigenvalue weighted by molar-refractivity contribution is 7.99. The number of amides is 1. The molecule has 1 fully saturated rings. The Balaban J connectivity index is 0.00000220. The van der Waals surface area contributed by atoms with Crippen LogP contribution in [0.3, 0.4) is 0 Å². The van der Waals surface area contributed by atoms with E-state index >= 15 is 0 Å². The number of carbonyl (C=O) groups is 1.